The van der Waals surface area contributed by atoms with E-state index in [1.54, 1.807) is 203 Å². The fourth-order valence-electron chi connectivity index (χ4n) is 8.31. The molecule has 26 heteroatoms. The van der Waals surface area contributed by atoms with E-state index in [0.717, 1.165) is 5.56 Å². The van der Waals surface area contributed by atoms with E-state index in [-0.39, 0.29) is 17.0 Å². The summed E-state index contributed by atoms with van der Waals surface area (Å²) in [5.41, 5.74) is 5.84. The first-order chi connectivity index (χ1) is 44.8. The normalized spacial score (nSPS) is 10.3. The third-order valence-corrected chi connectivity index (χ3v) is 14.3. The number of aryl methyl sites for hydroxylation is 1. The van der Waals surface area contributed by atoms with E-state index in [1.165, 1.54) is 37.8 Å². The molecule has 3 heterocycles. The van der Waals surface area contributed by atoms with Crippen molar-refractivity contribution in [1.29, 1.82) is 16.2 Å². The second-order valence-electron chi connectivity index (χ2n) is 20.9. The van der Waals surface area contributed by atoms with Crippen LogP contribution in [0.15, 0.2) is 182 Å². The number of carbonyl (C=O) groups excluding carboxylic acids is 6. The van der Waals surface area contributed by atoms with Crippen molar-refractivity contribution in [2.45, 2.75) is 6.92 Å². The summed E-state index contributed by atoms with van der Waals surface area (Å²) in [6, 6.07) is 44.2. The fourth-order valence-corrected chi connectivity index (χ4v) is 8.82. The third kappa shape index (κ3) is 19.7. The van der Waals surface area contributed by atoms with Crippen molar-refractivity contribution in [1.82, 2.24) is 29.7 Å². The number of methoxy groups -OCH3 is 1. The lowest BCUT2D eigenvalue weighted by Gasteiger charge is -2.15. The van der Waals surface area contributed by atoms with Crippen LogP contribution < -0.4 is 36.6 Å². The van der Waals surface area contributed by atoms with E-state index in [2.05, 4.69) is 46.9 Å². The van der Waals surface area contributed by atoms with E-state index in [1.807, 2.05) is 13.0 Å². The zero-order valence-electron chi connectivity index (χ0n) is 51.9. The van der Waals surface area contributed by atoms with Crippen molar-refractivity contribution in [2.24, 2.45) is 0 Å². The molecule has 0 aliphatic heterocycles. The van der Waals surface area contributed by atoms with Gasteiger partial charge in [0.25, 0.3) is 35.4 Å². The molecule has 3 aromatic heterocycles. The fraction of sp³-hybridized carbons (Fsp3) is 0.118. The Morgan fingerprint density at radius 3 is 0.947 bits per heavy atom. The molecule has 0 fully saturated rings. The molecule has 9 N–H and O–H groups in total. The molecule has 6 aromatic carbocycles. The van der Waals surface area contributed by atoms with Crippen LogP contribution in [0.25, 0.3) is 0 Å². The summed E-state index contributed by atoms with van der Waals surface area (Å²) in [4.78, 5) is 93.9. The second-order valence-corrected chi connectivity index (χ2v) is 22.7. The lowest BCUT2D eigenvalue weighted by Crippen LogP contribution is -2.22. The highest BCUT2D eigenvalue weighted by molar-refractivity contribution is 6.32. The number of nitrogens with one attached hydrogen (secondary N) is 9. The number of hydrogen-bond acceptors (Lipinski definition) is 13. The predicted molar refractivity (Wildman–Crippen MR) is 372 cm³/mol. The van der Waals surface area contributed by atoms with Gasteiger partial charge in [0.05, 0.1) is 55.9 Å². The van der Waals surface area contributed by atoms with E-state index in [9.17, 15) is 28.8 Å². The number of aromatic nitrogens is 3. The molecule has 0 aliphatic carbocycles. The number of rotatable bonds is 16. The molecule has 0 radical (unpaired) electrons. The molecule has 0 unspecified atom stereocenters. The minimum Gasteiger partial charge on any atom is -0.497 e. The second kappa shape index (κ2) is 32.8. The minimum atomic E-state index is -0.484. The highest BCUT2D eigenvalue weighted by atomic mass is 35.5. The Hall–Kier alpha value is -11.0. The van der Waals surface area contributed by atoms with Crippen LogP contribution >= 0.6 is 46.4 Å². The molecule has 9 rings (SSSR count). The van der Waals surface area contributed by atoms with Crippen molar-refractivity contribution < 1.29 is 33.5 Å². The van der Waals surface area contributed by atoms with Crippen molar-refractivity contribution in [3.63, 3.8) is 0 Å². The zero-order chi connectivity index (χ0) is 68.3. The number of anilines is 6. The molecule has 0 aliphatic rings. The van der Waals surface area contributed by atoms with Gasteiger partial charge in [-0.25, -0.2) is 15.0 Å². The molecule has 0 spiro atoms. The van der Waals surface area contributed by atoms with Gasteiger partial charge in [-0.3, -0.25) is 45.0 Å². The van der Waals surface area contributed by atoms with Crippen LogP contribution in [0, 0.1) is 23.2 Å². The largest absolute Gasteiger partial charge is 0.497 e. The zero-order valence-corrected chi connectivity index (χ0v) is 54.9. The maximum absolute atomic E-state index is 12.9. The van der Waals surface area contributed by atoms with Crippen LogP contribution in [-0.4, -0.2) is 132 Å². The lowest BCUT2D eigenvalue weighted by molar-refractivity contribution is 0.101. The average Bonchev–Trinajstić information content (AvgIpc) is 0.961. The van der Waals surface area contributed by atoms with Gasteiger partial charge in [0.2, 0.25) is 0 Å². The molecule has 94 heavy (non-hydrogen) atoms. The van der Waals surface area contributed by atoms with Gasteiger partial charge in [0, 0.05) is 99.3 Å². The predicted octanol–water partition coefficient (Wildman–Crippen LogP) is 13.4. The number of nitrogens with zero attached hydrogens (tertiary/aromatic N) is 6. The van der Waals surface area contributed by atoms with Crippen LogP contribution in [0.4, 0.5) is 34.5 Å². The first kappa shape index (κ1) is 70.4. The van der Waals surface area contributed by atoms with Crippen LogP contribution in [0.2, 0.25) is 20.1 Å². The van der Waals surface area contributed by atoms with Crippen molar-refractivity contribution in [3.8, 4) is 5.75 Å². The van der Waals surface area contributed by atoms with Gasteiger partial charge in [0.15, 0.2) is 0 Å². The number of benzene rings is 6. The van der Waals surface area contributed by atoms with Gasteiger partial charge in [-0.2, -0.15) is 0 Å². The van der Waals surface area contributed by atoms with Crippen LogP contribution in [0.5, 0.6) is 5.75 Å². The first-order valence-corrected chi connectivity index (χ1v) is 29.7. The van der Waals surface area contributed by atoms with Gasteiger partial charge < -0.3 is 51.3 Å². The van der Waals surface area contributed by atoms with E-state index in [0.29, 0.717) is 117 Å². The number of carbonyl (C=O) groups is 6. The van der Waals surface area contributed by atoms with Crippen molar-refractivity contribution in [2.75, 3.05) is 81.3 Å². The Labute approximate surface area is 562 Å². The van der Waals surface area contributed by atoms with Crippen molar-refractivity contribution in [3.05, 3.63) is 258 Å². The van der Waals surface area contributed by atoms with Gasteiger partial charge in [-0.05, 0) is 128 Å². The maximum Gasteiger partial charge on any atom is 0.259 e. The molecule has 0 atom stereocenters. The average molecular weight is 1340 g/mol. The Morgan fingerprint density at radius 1 is 0.351 bits per heavy atom. The monoisotopic (exact) mass is 1340 g/mol. The lowest BCUT2D eigenvalue weighted by atomic mass is 10.1. The Morgan fingerprint density at radius 2 is 0.638 bits per heavy atom. The quantitative estimate of drug-likeness (QED) is 0.0321. The maximum atomic E-state index is 12.9. The number of ether oxygens (including phenoxy) is 1. The molecular weight excluding hydrogens is 1280 g/mol. The molecule has 0 saturated heterocycles. The minimum absolute atomic E-state index is 0.184. The standard InChI is InChI=1S/C23H22ClN5O3.C23H22ClN5O2.C22H19Cl2N5O2/c1-29(2)21(25)14-4-6-15(7-5-14)22(30)27-19-10-9-17(32-3)12-18(19)23(31)28-20-11-8-16(24)13-26-20;1-14-4-10-19(18(12-14)23(31)28-20-11-9-17(24)13-26-20)27-22(30)16-7-5-15(6-8-16)21(25)29(2)3;1-29(2)20(25)13-3-5-14(6-4-13)21(30)27-18-9-7-15(23)11-17(18)22(31)28-19-10-8-16(24)12-26-19/h4-13,25H,1-3H3,(H,27,30)(H,26,28,31);4-13,25H,1-3H3,(H,27,30)(H,26,28,31);3-12,25H,1-2H3,(H,27,30)(H,26,28,31). The van der Waals surface area contributed by atoms with Gasteiger partial charge >= 0.3 is 0 Å². The van der Waals surface area contributed by atoms with Gasteiger partial charge in [0.1, 0.15) is 40.7 Å². The first-order valence-electron chi connectivity index (χ1n) is 28.2. The summed E-state index contributed by atoms with van der Waals surface area (Å²) < 4.78 is 5.22. The van der Waals surface area contributed by atoms with Crippen LogP contribution in [0.1, 0.15) is 84.4 Å². The highest BCUT2D eigenvalue weighted by Gasteiger charge is 2.21. The summed E-state index contributed by atoms with van der Waals surface area (Å²) in [5.74, 6) is -0.0394. The number of amides is 6. The smallest absolute Gasteiger partial charge is 0.259 e. The number of amidine groups is 3. The molecule has 0 bridgehead atoms. The summed E-state index contributed by atoms with van der Waals surface area (Å²) >= 11 is 23.5. The summed E-state index contributed by atoms with van der Waals surface area (Å²) in [7, 11) is 12.2. The summed E-state index contributed by atoms with van der Waals surface area (Å²) in [5, 5.41) is 42.1. The molecule has 480 valence electrons. The molecule has 22 nitrogen and oxygen atoms in total. The molecular formula is C68H63Cl4N15O7. The SMILES string of the molecule is CN(C)C(=N)c1ccc(C(=O)Nc2ccc(Cl)cc2C(=O)Nc2ccc(Cl)cn2)cc1.COc1ccc(NC(=O)c2ccc(C(=N)N(C)C)cc2)c(C(=O)Nc2ccc(Cl)cn2)c1.Cc1ccc(NC(=O)c2ccc(C(=N)N(C)C)cc2)c(C(=O)Nc2ccc(Cl)cn2)c1. The number of hydrogen-bond donors (Lipinski definition) is 9. The molecule has 0 saturated carbocycles. The van der Waals surface area contributed by atoms with E-state index < -0.39 is 29.5 Å². The number of pyridine rings is 3. The Bertz CT molecular complexity index is 4090. The Kier molecular flexibility index (Phi) is 24.6. The van der Waals surface area contributed by atoms with E-state index >= 15 is 0 Å². The molecule has 6 amide bonds. The summed E-state index contributed by atoms with van der Waals surface area (Å²) in [6.07, 6.45) is 4.28. The van der Waals surface area contributed by atoms with Gasteiger partial charge in [-0.15, -0.1) is 0 Å². The van der Waals surface area contributed by atoms with Crippen LogP contribution in [-0.2, 0) is 0 Å². The number of halogens is 4. The topological polar surface area (TPSA) is 304 Å². The molecule has 9 aromatic rings. The third-order valence-electron chi connectivity index (χ3n) is 13.4. The van der Waals surface area contributed by atoms with Gasteiger partial charge in [-0.1, -0.05) is 94.4 Å². The highest BCUT2D eigenvalue weighted by Crippen LogP contribution is 2.27. The summed E-state index contributed by atoms with van der Waals surface area (Å²) in [6.45, 7) is 1.86. The van der Waals surface area contributed by atoms with Crippen LogP contribution in [0.3, 0.4) is 0 Å². The van der Waals surface area contributed by atoms with Crippen molar-refractivity contribution >= 4 is 134 Å². The Balaban J connectivity index is 0.000000200. The van der Waals surface area contributed by atoms with E-state index in [4.69, 9.17) is 67.4 Å².